The Morgan fingerprint density at radius 1 is 0.244 bits per heavy atom. The van der Waals surface area contributed by atoms with E-state index in [1.165, 1.54) is 65.3 Å². The van der Waals surface area contributed by atoms with Crippen LogP contribution in [0.15, 0.2) is 170 Å². The van der Waals surface area contributed by atoms with Crippen LogP contribution in [-0.4, -0.2) is 0 Å². The minimum atomic E-state index is -2.97. The zero-order valence-corrected chi connectivity index (χ0v) is 27.1. The van der Waals surface area contributed by atoms with E-state index in [0.29, 0.717) is 0 Å². The molecule has 0 amide bonds. The molecule has 0 spiro atoms. The monoisotopic (exact) mass is 612 g/mol. The summed E-state index contributed by atoms with van der Waals surface area (Å²) in [4.78, 5) is 0. The van der Waals surface area contributed by atoms with Gasteiger partial charge in [-0.25, -0.2) is 0 Å². The molecule has 0 saturated carbocycles. The molecule has 0 saturated heterocycles. The summed E-state index contributed by atoms with van der Waals surface area (Å²) in [6, 6.07) is 63.8. The van der Waals surface area contributed by atoms with Gasteiger partial charge in [-0.3, -0.25) is 0 Å². The van der Waals surface area contributed by atoms with Crippen LogP contribution in [0.5, 0.6) is 0 Å². The number of hydrogen-bond acceptors (Lipinski definition) is 0. The van der Waals surface area contributed by atoms with Crippen LogP contribution < -0.4 is 0 Å². The molecule has 0 aliphatic rings. The first-order valence-electron chi connectivity index (χ1n) is 16.1. The van der Waals surface area contributed by atoms with Crippen molar-refractivity contribution in [2.45, 2.75) is 18.9 Å². The predicted octanol–water partition coefficient (Wildman–Crippen LogP) is 11.6. The summed E-state index contributed by atoms with van der Waals surface area (Å²) in [7, 11) is 0. The molecule has 8 aromatic carbocycles. The zero-order valence-electron chi connectivity index (χ0n) is 25.5. The van der Waals surface area contributed by atoms with Gasteiger partial charge in [0, 0.05) is 0 Å². The summed E-state index contributed by atoms with van der Waals surface area (Å²) in [6.45, 7) is 0. The Morgan fingerprint density at radius 2 is 0.467 bits per heavy atom. The van der Waals surface area contributed by atoms with Crippen molar-refractivity contribution in [3.05, 3.63) is 192 Å². The molecule has 45 heavy (non-hydrogen) atoms. The van der Waals surface area contributed by atoms with Crippen LogP contribution in [0.1, 0.15) is 22.3 Å². The second-order valence-electron chi connectivity index (χ2n) is 12.8. The molecule has 8 aromatic rings. The quantitative estimate of drug-likeness (QED) is 0.150. The average Bonchev–Trinajstić information content (AvgIpc) is 3.09. The molecule has 8 rings (SSSR count). The maximum absolute atomic E-state index is 2.97. The van der Waals surface area contributed by atoms with E-state index in [2.05, 4.69) is 170 Å². The van der Waals surface area contributed by atoms with Gasteiger partial charge < -0.3 is 0 Å². The van der Waals surface area contributed by atoms with Gasteiger partial charge in [0.1, 0.15) is 0 Å². The Bertz CT molecular complexity index is 1940. The third kappa shape index (κ3) is 5.62. The van der Waals surface area contributed by atoms with E-state index in [1.54, 1.807) is 0 Å². The summed E-state index contributed by atoms with van der Waals surface area (Å²) < 4.78 is 4.65. The van der Waals surface area contributed by atoms with Crippen LogP contribution in [0.3, 0.4) is 0 Å². The topological polar surface area (TPSA) is 0 Å². The number of hydrogen-bond donors (Lipinski definition) is 0. The molecule has 0 aliphatic heterocycles. The molecule has 0 fully saturated rings. The van der Waals surface area contributed by atoms with Gasteiger partial charge in [0.15, 0.2) is 0 Å². The van der Waals surface area contributed by atoms with Gasteiger partial charge in [-0.15, -0.1) is 0 Å². The van der Waals surface area contributed by atoms with Gasteiger partial charge >= 0.3 is 271 Å². The molecule has 0 aromatic heterocycles. The molecule has 0 aliphatic carbocycles. The molecule has 216 valence electrons. The van der Waals surface area contributed by atoms with Gasteiger partial charge in [-0.1, -0.05) is 0 Å². The molecule has 0 heterocycles. The minimum absolute atomic E-state index is 1.16. The van der Waals surface area contributed by atoms with E-state index in [-0.39, 0.29) is 0 Å². The summed E-state index contributed by atoms with van der Waals surface area (Å²) in [5.74, 6) is 0. The fraction of sp³-hybridized carbons (Fsp3) is 0.0909. The SMILES string of the molecule is c1ccc2c([CH2][Ti]([CH2]c3cccc4ccccc34)([CH2]c3cccc4ccccc34)[CH2]c3cccc4ccccc34)cccc2c1. The van der Waals surface area contributed by atoms with Crippen LogP contribution in [-0.2, 0) is 35.5 Å². The van der Waals surface area contributed by atoms with Crippen LogP contribution in [0.2, 0.25) is 0 Å². The normalized spacial score (nSPS) is 11.9. The van der Waals surface area contributed by atoms with Gasteiger partial charge in [0.25, 0.3) is 0 Å². The van der Waals surface area contributed by atoms with E-state index in [4.69, 9.17) is 0 Å². The second-order valence-corrected chi connectivity index (χ2v) is 19.7. The van der Waals surface area contributed by atoms with E-state index in [0.717, 1.165) is 18.9 Å². The van der Waals surface area contributed by atoms with E-state index >= 15 is 0 Å². The Balaban J connectivity index is 1.38. The predicted molar refractivity (Wildman–Crippen MR) is 191 cm³/mol. The molecular weight excluding hydrogens is 576 g/mol. The van der Waals surface area contributed by atoms with Gasteiger partial charge in [-0.2, -0.15) is 0 Å². The molecule has 0 unspecified atom stereocenters. The molecule has 0 bridgehead atoms. The van der Waals surface area contributed by atoms with Crippen molar-refractivity contribution in [2.24, 2.45) is 0 Å². The standard InChI is InChI=1S/4C11H9.Ti/c4*1-9-5-4-7-10-6-2-3-8-11(9)10;/h4*2-8H,1H2;. The molecule has 0 radical (unpaired) electrons. The number of rotatable bonds is 8. The Morgan fingerprint density at radius 3 is 0.733 bits per heavy atom. The Hall–Kier alpha value is -4.49. The van der Waals surface area contributed by atoms with Crippen molar-refractivity contribution >= 4 is 43.1 Å². The number of fused-ring (bicyclic) bond motifs is 4. The summed E-state index contributed by atoms with van der Waals surface area (Å²) in [6.07, 6.45) is 0. The average molecular weight is 613 g/mol. The summed E-state index contributed by atoms with van der Waals surface area (Å²) in [5.41, 5.74) is 6.03. The Kier molecular flexibility index (Phi) is 7.55. The number of benzene rings is 8. The van der Waals surface area contributed by atoms with Gasteiger partial charge in [0.05, 0.1) is 0 Å². The first-order valence-corrected chi connectivity index (χ1v) is 20.5. The van der Waals surface area contributed by atoms with Crippen LogP contribution >= 0.6 is 0 Å². The second kappa shape index (κ2) is 12.1. The third-order valence-corrected chi connectivity index (χ3v) is 16.8. The fourth-order valence-electron chi connectivity index (χ4n) is 7.78. The van der Waals surface area contributed by atoms with Gasteiger partial charge in [-0.05, 0) is 0 Å². The van der Waals surface area contributed by atoms with Crippen molar-refractivity contribution in [3.63, 3.8) is 0 Å². The van der Waals surface area contributed by atoms with Crippen molar-refractivity contribution in [2.75, 3.05) is 0 Å². The maximum atomic E-state index is 2.41. The van der Waals surface area contributed by atoms with Crippen molar-refractivity contribution < 1.29 is 16.6 Å². The van der Waals surface area contributed by atoms with Crippen LogP contribution in [0.4, 0.5) is 0 Å². The molecule has 1 heteroatoms. The van der Waals surface area contributed by atoms with E-state index in [9.17, 15) is 0 Å². The molecular formula is C44H36Ti. The summed E-state index contributed by atoms with van der Waals surface area (Å²) in [5, 5.41) is 11.0. The van der Waals surface area contributed by atoms with Crippen molar-refractivity contribution in [3.8, 4) is 0 Å². The van der Waals surface area contributed by atoms with Crippen LogP contribution in [0, 0.1) is 0 Å². The molecule has 0 N–H and O–H groups in total. The van der Waals surface area contributed by atoms with Crippen LogP contribution in [0.25, 0.3) is 43.1 Å². The first kappa shape index (κ1) is 28.0. The third-order valence-electron chi connectivity index (χ3n) is 9.78. The van der Waals surface area contributed by atoms with Gasteiger partial charge in [0.2, 0.25) is 0 Å². The fourth-order valence-corrected chi connectivity index (χ4v) is 15.9. The van der Waals surface area contributed by atoms with Crippen molar-refractivity contribution in [1.82, 2.24) is 0 Å². The zero-order chi connectivity index (χ0) is 30.1. The van der Waals surface area contributed by atoms with Crippen molar-refractivity contribution in [1.29, 1.82) is 0 Å². The van der Waals surface area contributed by atoms with E-state index in [1.807, 2.05) is 0 Å². The first-order chi connectivity index (χ1) is 22.2. The summed E-state index contributed by atoms with van der Waals surface area (Å²) >= 11 is -2.97. The van der Waals surface area contributed by atoms with E-state index < -0.39 is 16.6 Å². The molecule has 0 nitrogen and oxygen atoms in total. The Labute approximate surface area is 269 Å². The molecule has 0 atom stereocenters.